The Labute approximate surface area is 130 Å². The maximum Gasteiger partial charge on any atom is 0.249 e. The zero-order valence-electron chi connectivity index (χ0n) is 12.0. The van der Waals surface area contributed by atoms with Gasteiger partial charge in [-0.05, 0) is 12.1 Å². The van der Waals surface area contributed by atoms with E-state index in [9.17, 15) is 0 Å². The highest BCUT2D eigenvalue weighted by atomic mass is 32.1. The summed E-state index contributed by atoms with van der Waals surface area (Å²) >= 11 is 1.42. The second-order valence-corrected chi connectivity index (χ2v) is 5.08. The Hall–Kier alpha value is -2.81. The summed E-state index contributed by atoms with van der Waals surface area (Å²) < 4.78 is 12.0. The summed E-state index contributed by atoms with van der Waals surface area (Å²) in [6.45, 7) is 0. The molecular weight excluding hydrogens is 304 g/mol. The van der Waals surface area contributed by atoms with Gasteiger partial charge in [-0.25, -0.2) is 4.98 Å². The molecule has 3 aromatic rings. The molecule has 0 radical (unpaired) electrons. The van der Waals surface area contributed by atoms with Crippen LogP contribution >= 0.6 is 11.3 Å². The van der Waals surface area contributed by atoms with Crippen molar-refractivity contribution in [1.82, 2.24) is 19.7 Å². The van der Waals surface area contributed by atoms with E-state index in [1.165, 1.54) is 16.0 Å². The van der Waals surface area contributed by atoms with Gasteiger partial charge in [0.25, 0.3) is 0 Å². The van der Waals surface area contributed by atoms with Gasteiger partial charge in [0.05, 0.1) is 19.9 Å². The monoisotopic (exact) mass is 318 g/mol. The fraction of sp³-hybridized carbons (Fsp3) is 0.154. The van der Waals surface area contributed by atoms with E-state index in [0.29, 0.717) is 28.3 Å². The van der Waals surface area contributed by atoms with E-state index in [0.717, 1.165) is 0 Å². The number of benzene rings is 1. The summed E-state index contributed by atoms with van der Waals surface area (Å²) in [6, 6.07) is 5.40. The molecule has 3 N–H and O–H groups in total. The third-order valence-electron chi connectivity index (χ3n) is 2.89. The molecule has 114 valence electrons. The third-order valence-corrected chi connectivity index (χ3v) is 3.63. The number of nitrogens with one attached hydrogen (secondary N) is 1. The van der Waals surface area contributed by atoms with Crippen LogP contribution in [0.25, 0.3) is 5.13 Å². The van der Waals surface area contributed by atoms with Crippen molar-refractivity contribution in [3.8, 4) is 16.6 Å². The normalized spacial score (nSPS) is 10.5. The lowest BCUT2D eigenvalue weighted by atomic mass is 10.2. The van der Waals surface area contributed by atoms with Gasteiger partial charge in [-0.3, -0.25) is 0 Å². The number of nitrogens with zero attached hydrogens (tertiary/aromatic N) is 4. The molecule has 3 rings (SSSR count). The fourth-order valence-electron chi connectivity index (χ4n) is 1.86. The summed E-state index contributed by atoms with van der Waals surface area (Å²) in [6.07, 6.45) is 1.68. The van der Waals surface area contributed by atoms with E-state index in [1.807, 2.05) is 17.5 Å². The van der Waals surface area contributed by atoms with Crippen LogP contribution in [0.4, 0.5) is 17.6 Å². The van der Waals surface area contributed by atoms with Gasteiger partial charge < -0.3 is 20.5 Å². The summed E-state index contributed by atoms with van der Waals surface area (Å²) in [4.78, 5) is 8.33. The van der Waals surface area contributed by atoms with Crippen LogP contribution in [-0.2, 0) is 0 Å². The van der Waals surface area contributed by atoms with Gasteiger partial charge >= 0.3 is 0 Å². The van der Waals surface area contributed by atoms with Crippen LogP contribution in [0.15, 0.2) is 29.8 Å². The standard InChI is InChI=1S/C13H14N6O2S/c1-20-8-3-4-9(10(7-8)21-2)16-12-17-11(14)19(18-12)13-15-5-6-22-13/h3-7H,1-2H3,(H3,14,16,17,18). The Morgan fingerprint density at radius 1 is 1.27 bits per heavy atom. The van der Waals surface area contributed by atoms with Gasteiger partial charge in [0.2, 0.25) is 17.0 Å². The van der Waals surface area contributed by atoms with Crippen LogP contribution in [0, 0.1) is 0 Å². The van der Waals surface area contributed by atoms with Gasteiger partial charge in [0.1, 0.15) is 11.5 Å². The van der Waals surface area contributed by atoms with Crippen LogP contribution in [0.2, 0.25) is 0 Å². The molecule has 0 aliphatic rings. The van der Waals surface area contributed by atoms with E-state index in [1.54, 1.807) is 26.5 Å². The number of thiazole rings is 1. The molecule has 0 amide bonds. The van der Waals surface area contributed by atoms with Gasteiger partial charge in [-0.1, -0.05) is 0 Å². The summed E-state index contributed by atoms with van der Waals surface area (Å²) in [5, 5.41) is 9.86. The SMILES string of the molecule is COc1ccc(Nc2nc(N)n(-c3nccs3)n2)c(OC)c1. The minimum absolute atomic E-state index is 0.255. The fourth-order valence-corrected chi connectivity index (χ4v) is 2.46. The lowest BCUT2D eigenvalue weighted by Gasteiger charge is -2.10. The van der Waals surface area contributed by atoms with Crippen molar-refractivity contribution >= 4 is 28.9 Å². The number of nitrogen functional groups attached to an aromatic ring is 1. The zero-order valence-corrected chi connectivity index (χ0v) is 12.8. The molecule has 9 heteroatoms. The molecule has 0 bridgehead atoms. The van der Waals surface area contributed by atoms with E-state index >= 15 is 0 Å². The Morgan fingerprint density at radius 2 is 2.14 bits per heavy atom. The molecule has 1 aromatic carbocycles. The highest BCUT2D eigenvalue weighted by molar-refractivity contribution is 7.12. The van der Waals surface area contributed by atoms with Crippen molar-refractivity contribution in [1.29, 1.82) is 0 Å². The lowest BCUT2D eigenvalue weighted by molar-refractivity contribution is 0.395. The topological polar surface area (TPSA) is 100 Å². The van der Waals surface area contributed by atoms with Gasteiger partial charge in [-0.15, -0.1) is 16.4 Å². The molecule has 0 unspecified atom stereocenters. The summed E-state index contributed by atoms with van der Waals surface area (Å²) in [5.74, 6) is 1.92. The predicted octanol–water partition coefficient (Wildman–Crippen LogP) is 2.07. The molecule has 0 fully saturated rings. The Kier molecular flexibility index (Phi) is 3.79. The van der Waals surface area contributed by atoms with Crippen LogP contribution in [-0.4, -0.2) is 34.0 Å². The molecule has 0 atom stereocenters. The van der Waals surface area contributed by atoms with Crippen LogP contribution in [0.5, 0.6) is 11.5 Å². The van der Waals surface area contributed by atoms with Crippen LogP contribution in [0.1, 0.15) is 0 Å². The molecule has 0 spiro atoms. The minimum atomic E-state index is 0.255. The first kappa shape index (κ1) is 14.1. The van der Waals surface area contributed by atoms with Gasteiger partial charge in [-0.2, -0.15) is 9.67 Å². The molecule has 2 aromatic heterocycles. The van der Waals surface area contributed by atoms with Crippen molar-refractivity contribution in [2.24, 2.45) is 0 Å². The molecule has 0 saturated carbocycles. The van der Waals surface area contributed by atoms with E-state index in [-0.39, 0.29) is 5.95 Å². The number of hydrogen-bond acceptors (Lipinski definition) is 8. The quantitative estimate of drug-likeness (QED) is 0.742. The van der Waals surface area contributed by atoms with E-state index in [2.05, 4.69) is 20.4 Å². The van der Waals surface area contributed by atoms with Gasteiger partial charge in [0.15, 0.2) is 0 Å². The van der Waals surface area contributed by atoms with Crippen LogP contribution < -0.4 is 20.5 Å². The minimum Gasteiger partial charge on any atom is -0.497 e. The Balaban J connectivity index is 1.89. The lowest BCUT2D eigenvalue weighted by Crippen LogP contribution is -2.01. The number of nitrogens with two attached hydrogens (primary N) is 1. The number of methoxy groups -OCH3 is 2. The number of aromatic nitrogens is 4. The Morgan fingerprint density at radius 3 is 2.82 bits per heavy atom. The third kappa shape index (κ3) is 2.66. The second-order valence-electron chi connectivity index (χ2n) is 4.21. The average molecular weight is 318 g/mol. The van der Waals surface area contributed by atoms with Crippen molar-refractivity contribution in [2.75, 3.05) is 25.3 Å². The maximum absolute atomic E-state index is 5.87. The molecular formula is C13H14N6O2S. The van der Waals surface area contributed by atoms with E-state index < -0.39 is 0 Å². The molecule has 8 nitrogen and oxygen atoms in total. The van der Waals surface area contributed by atoms with Crippen molar-refractivity contribution < 1.29 is 9.47 Å². The zero-order chi connectivity index (χ0) is 15.5. The summed E-state index contributed by atoms with van der Waals surface area (Å²) in [5.41, 5.74) is 6.58. The molecule has 0 saturated heterocycles. The van der Waals surface area contributed by atoms with E-state index in [4.69, 9.17) is 15.2 Å². The number of hydrogen-bond donors (Lipinski definition) is 2. The highest BCUT2D eigenvalue weighted by Crippen LogP contribution is 2.31. The molecule has 22 heavy (non-hydrogen) atoms. The number of anilines is 3. The molecule has 2 heterocycles. The average Bonchev–Trinajstić information content (AvgIpc) is 3.17. The van der Waals surface area contributed by atoms with Crippen molar-refractivity contribution in [3.05, 3.63) is 29.8 Å². The molecule has 0 aliphatic heterocycles. The Bertz CT molecular complexity index is 771. The first-order valence-corrected chi connectivity index (χ1v) is 7.20. The number of rotatable bonds is 5. The first-order chi connectivity index (χ1) is 10.7. The largest absolute Gasteiger partial charge is 0.497 e. The number of ether oxygens (including phenoxy) is 2. The van der Waals surface area contributed by atoms with Gasteiger partial charge in [0, 0.05) is 17.6 Å². The molecule has 0 aliphatic carbocycles. The predicted molar refractivity (Wildman–Crippen MR) is 84.3 cm³/mol. The smallest absolute Gasteiger partial charge is 0.249 e. The van der Waals surface area contributed by atoms with Crippen LogP contribution in [0.3, 0.4) is 0 Å². The summed E-state index contributed by atoms with van der Waals surface area (Å²) in [7, 11) is 3.18. The maximum atomic E-state index is 5.87. The second kappa shape index (κ2) is 5.90. The van der Waals surface area contributed by atoms with Crippen molar-refractivity contribution in [3.63, 3.8) is 0 Å². The highest BCUT2D eigenvalue weighted by Gasteiger charge is 2.13. The first-order valence-electron chi connectivity index (χ1n) is 6.32. The van der Waals surface area contributed by atoms with Crippen molar-refractivity contribution in [2.45, 2.75) is 0 Å².